The van der Waals surface area contributed by atoms with Gasteiger partial charge in [0.15, 0.2) is 4.80 Å². The van der Waals surface area contributed by atoms with Gasteiger partial charge in [0, 0.05) is 11.3 Å². The number of benzene rings is 3. The zero-order chi connectivity index (χ0) is 26.6. The number of carbonyl (C=O) groups excluding carboxylic acids is 2. The molecule has 9 nitrogen and oxygen atoms in total. The Hall–Kier alpha value is -4.40. The number of rotatable bonds is 7. The first-order valence-electron chi connectivity index (χ1n) is 10.8. The Morgan fingerprint density at radius 2 is 1.81 bits per heavy atom. The number of esters is 1. The van der Waals surface area contributed by atoms with Gasteiger partial charge in [-0.05, 0) is 60.7 Å². The van der Waals surface area contributed by atoms with Crippen LogP contribution in [0.4, 0.5) is 5.69 Å². The third kappa shape index (κ3) is 5.55. The quantitative estimate of drug-likeness (QED) is 0.285. The predicted molar refractivity (Wildman–Crippen MR) is 140 cm³/mol. The molecule has 0 fully saturated rings. The number of ether oxygens (including phenoxy) is 2. The van der Waals surface area contributed by atoms with E-state index in [2.05, 4.69) is 15.6 Å². The minimum Gasteiger partial charge on any atom is -0.497 e. The Morgan fingerprint density at radius 3 is 2.49 bits per heavy atom. The number of anilines is 1. The third-order valence-electron chi connectivity index (χ3n) is 5.28. The summed E-state index contributed by atoms with van der Waals surface area (Å²) in [7, 11) is -1.11. The van der Waals surface area contributed by atoms with Crippen molar-refractivity contribution in [2.75, 3.05) is 18.9 Å². The first kappa shape index (κ1) is 25.7. The van der Waals surface area contributed by atoms with E-state index in [-0.39, 0.29) is 22.7 Å². The molecule has 37 heavy (non-hydrogen) atoms. The van der Waals surface area contributed by atoms with Gasteiger partial charge in [0.2, 0.25) is 0 Å². The molecule has 188 valence electrons. The van der Waals surface area contributed by atoms with Gasteiger partial charge in [-0.15, -0.1) is 6.42 Å². The molecule has 0 saturated heterocycles. The van der Waals surface area contributed by atoms with Crippen molar-refractivity contribution in [3.8, 4) is 18.1 Å². The number of methoxy groups -OCH3 is 2. The molecule has 3 aromatic carbocycles. The van der Waals surface area contributed by atoms with Crippen molar-refractivity contribution in [3.63, 3.8) is 0 Å². The van der Waals surface area contributed by atoms with E-state index in [4.69, 9.17) is 15.9 Å². The summed E-state index contributed by atoms with van der Waals surface area (Å²) in [6.07, 6.45) is 5.52. The van der Waals surface area contributed by atoms with Crippen LogP contribution in [0.3, 0.4) is 0 Å². The van der Waals surface area contributed by atoms with Gasteiger partial charge >= 0.3 is 5.97 Å². The zero-order valence-corrected chi connectivity index (χ0v) is 21.4. The normalized spacial score (nSPS) is 11.6. The van der Waals surface area contributed by atoms with Gasteiger partial charge in [-0.2, -0.15) is 4.99 Å². The number of hydrogen-bond acceptors (Lipinski definition) is 7. The van der Waals surface area contributed by atoms with Crippen LogP contribution in [-0.2, 0) is 21.3 Å². The van der Waals surface area contributed by atoms with Crippen molar-refractivity contribution >= 4 is 49.1 Å². The topological polar surface area (TPSA) is 116 Å². The summed E-state index contributed by atoms with van der Waals surface area (Å²) in [5.41, 5.74) is 1.45. The van der Waals surface area contributed by atoms with Crippen molar-refractivity contribution in [3.05, 3.63) is 82.7 Å². The van der Waals surface area contributed by atoms with Crippen molar-refractivity contribution in [1.29, 1.82) is 0 Å². The molecule has 0 spiro atoms. The minimum atomic E-state index is -3.89. The van der Waals surface area contributed by atoms with E-state index in [0.717, 1.165) is 0 Å². The monoisotopic (exact) mass is 535 g/mol. The second-order valence-electron chi connectivity index (χ2n) is 7.63. The number of carbonyl (C=O) groups is 2. The lowest BCUT2D eigenvalue weighted by Gasteiger charge is -2.09. The zero-order valence-electron chi connectivity index (χ0n) is 19.8. The van der Waals surface area contributed by atoms with E-state index in [0.29, 0.717) is 26.3 Å². The van der Waals surface area contributed by atoms with Crippen LogP contribution in [0, 0.1) is 12.3 Å². The maximum absolute atomic E-state index is 13.0. The number of hydrogen-bond donors (Lipinski definition) is 1. The van der Waals surface area contributed by atoms with Crippen LogP contribution in [0.15, 0.2) is 76.6 Å². The molecule has 0 radical (unpaired) electrons. The molecule has 0 atom stereocenters. The smallest absolute Gasteiger partial charge is 0.337 e. The predicted octanol–water partition coefficient (Wildman–Crippen LogP) is 3.67. The Balaban J connectivity index is 1.66. The molecule has 1 amide bonds. The molecule has 0 aliphatic carbocycles. The average Bonchev–Trinajstić information content (AvgIpc) is 3.24. The minimum absolute atomic E-state index is 0.0432. The molecule has 1 heterocycles. The van der Waals surface area contributed by atoms with Gasteiger partial charge < -0.3 is 14.0 Å². The van der Waals surface area contributed by atoms with Crippen LogP contribution in [0.5, 0.6) is 5.75 Å². The van der Waals surface area contributed by atoms with E-state index >= 15 is 0 Å². The van der Waals surface area contributed by atoms with E-state index < -0.39 is 21.9 Å². The summed E-state index contributed by atoms with van der Waals surface area (Å²) in [5, 5.41) is 0. The number of aromatic nitrogens is 1. The van der Waals surface area contributed by atoms with E-state index in [9.17, 15) is 18.0 Å². The van der Waals surface area contributed by atoms with Crippen LogP contribution < -0.4 is 14.3 Å². The fourth-order valence-electron chi connectivity index (χ4n) is 3.48. The molecule has 0 aliphatic rings. The third-order valence-corrected chi connectivity index (χ3v) is 7.72. The lowest BCUT2D eigenvalue weighted by atomic mass is 10.2. The molecule has 4 aromatic rings. The molecule has 1 aromatic heterocycles. The maximum Gasteiger partial charge on any atom is 0.337 e. The van der Waals surface area contributed by atoms with Crippen LogP contribution >= 0.6 is 11.3 Å². The number of terminal acetylenes is 1. The second-order valence-corrected chi connectivity index (χ2v) is 10.3. The van der Waals surface area contributed by atoms with Gasteiger partial charge in [0.05, 0.1) is 41.4 Å². The van der Waals surface area contributed by atoms with E-state index in [1.807, 2.05) is 0 Å². The number of sulfonamides is 1. The summed E-state index contributed by atoms with van der Waals surface area (Å²) in [6, 6.07) is 16.9. The molecular weight excluding hydrogens is 514 g/mol. The summed E-state index contributed by atoms with van der Waals surface area (Å²) >= 11 is 1.19. The number of amides is 1. The summed E-state index contributed by atoms with van der Waals surface area (Å²) in [6.45, 7) is 0.158. The molecule has 1 N–H and O–H groups in total. The first-order valence-corrected chi connectivity index (χ1v) is 13.1. The van der Waals surface area contributed by atoms with Gasteiger partial charge in [0.1, 0.15) is 5.75 Å². The fourth-order valence-corrected chi connectivity index (χ4v) is 5.60. The molecule has 4 rings (SSSR count). The molecule has 0 unspecified atom stereocenters. The summed E-state index contributed by atoms with van der Waals surface area (Å²) in [4.78, 5) is 29.6. The fraction of sp³-hybridized carbons (Fsp3) is 0.115. The largest absolute Gasteiger partial charge is 0.497 e. The first-order chi connectivity index (χ1) is 17.7. The molecule has 0 saturated carbocycles. The SMILES string of the molecule is C#CCn1c(=NC(=O)c2cccc(NS(=O)(=O)c3ccc(OC)cc3)c2)sc2cc(C(=O)OC)ccc21. The lowest BCUT2D eigenvalue weighted by Crippen LogP contribution is -2.17. The van der Waals surface area contributed by atoms with Crippen molar-refractivity contribution < 1.29 is 27.5 Å². The van der Waals surface area contributed by atoms with Crippen molar-refractivity contribution in [1.82, 2.24) is 4.57 Å². The van der Waals surface area contributed by atoms with E-state index in [1.165, 1.54) is 68.0 Å². The number of fused-ring (bicyclic) bond motifs is 1. The highest BCUT2D eigenvalue weighted by molar-refractivity contribution is 7.92. The Bertz CT molecular complexity index is 1710. The van der Waals surface area contributed by atoms with Gasteiger partial charge in [0.25, 0.3) is 15.9 Å². The highest BCUT2D eigenvalue weighted by Gasteiger charge is 2.16. The number of nitrogens with zero attached hydrogens (tertiary/aromatic N) is 2. The maximum atomic E-state index is 13.0. The van der Waals surface area contributed by atoms with Crippen LogP contribution in [0.2, 0.25) is 0 Å². The Labute approximate surface area is 217 Å². The summed E-state index contributed by atoms with van der Waals surface area (Å²) < 4.78 is 40.2. The van der Waals surface area contributed by atoms with Crippen LogP contribution in [-0.4, -0.2) is 39.1 Å². The summed E-state index contributed by atoms with van der Waals surface area (Å²) in [5.74, 6) is 2.00. The number of thiazole rings is 1. The van der Waals surface area contributed by atoms with Crippen molar-refractivity contribution in [2.45, 2.75) is 11.4 Å². The second kappa shape index (κ2) is 10.7. The standard InChI is InChI=1S/C26H21N3O6S2/c1-4-14-29-22-13-8-18(25(31)35-3)16-23(22)36-26(29)27-24(30)17-6-5-7-19(15-17)28-37(32,33)21-11-9-20(34-2)10-12-21/h1,5-13,15-16,28H,14H2,2-3H3. The Kier molecular flexibility index (Phi) is 7.42. The molecule has 11 heteroatoms. The Morgan fingerprint density at radius 1 is 1.05 bits per heavy atom. The van der Waals surface area contributed by atoms with Crippen LogP contribution in [0.25, 0.3) is 10.2 Å². The number of nitrogens with one attached hydrogen (secondary N) is 1. The highest BCUT2D eigenvalue weighted by Crippen LogP contribution is 2.22. The lowest BCUT2D eigenvalue weighted by molar-refractivity contribution is 0.0600. The van der Waals surface area contributed by atoms with Crippen molar-refractivity contribution in [2.24, 2.45) is 4.99 Å². The van der Waals surface area contributed by atoms with E-state index in [1.54, 1.807) is 28.8 Å². The van der Waals surface area contributed by atoms with Gasteiger partial charge in [-0.1, -0.05) is 23.3 Å². The van der Waals surface area contributed by atoms with Crippen LogP contribution in [0.1, 0.15) is 20.7 Å². The molecule has 0 bridgehead atoms. The van der Waals surface area contributed by atoms with Gasteiger partial charge in [-0.3, -0.25) is 9.52 Å². The molecule has 0 aliphatic heterocycles. The van der Waals surface area contributed by atoms with Gasteiger partial charge in [-0.25, -0.2) is 13.2 Å². The highest BCUT2D eigenvalue weighted by atomic mass is 32.2. The molecular formula is C26H21N3O6S2. The average molecular weight is 536 g/mol.